The van der Waals surface area contributed by atoms with Crippen LogP contribution in [0.3, 0.4) is 0 Å². The number of nitrogens with one attached hydrogen (secondary N) is 1. The maximum Gasteiger partial charge on any atom is 0.169 e. The molecule has 0 radical (unpaired) electrons. The fourth-order valence-corrected chi connectivity index (χ4v) is 8.54. The number of nitrogens with zero attached hydrogens (tertiary/aromatic N) is 3. The minimum atomic E-state index is -0.323. The van der Waals surface area contributed by atoms with Crippen LogP contribution in [0.25, 0.3) is 27.6 Å². The molecule has 3 aliphatic carbocycles. The largest absolute Gasteiger partial charge is 0.404 e. The number of amidine groups is 2. The molecule has 5 nitrogen and oxygen atoms in total. The minimum Gasteiger partial charge on any atom is -0.404 e. The molecule has 5 aromatic rings. The van der Waals surface area contributed by atoms with Crippen molar-refractivity contribution >= 4 is 28.0 Å². The summed E-state index contributed by atoms with van der Waals surface area (Å²) in [6, 6.07) is 40.0. The molecule has 2 heterocycles. The van der Waals surface area contributed by atoms with Gasteiger partial charge in [-0.15, -0.1) is 0 Å². The number of nitrogens with two attached hydrogens (primary N) is 1. The maximum absolute atomic E-state index is 6.41. The van der Waals surface area contributed by atoms with Gasteiger partial charge in [-0.1, -0.05) is 177 Å². The fraction of sp³-hybridized carbons (Fsp3) is 0.157. The van der Waals surface area contributed by atoms with E-state index in [9.17, 15) is 0 Å². The first kappa shape index (κ1) is 35.1. The first-order valence-corrected chi connectivity index (χ1v) is 19.7. The summed E-state index contributed by atoms with van der Waals surface area (Å²) in [4.78, 5) is 15.8. The summed E-state index contributed by atoms with van der Waals surface area (Å²) in [6.07, 6.45) is 24.7. The summed E-state index contributed by atoms with van der Waals surface area (Å²) in [5.41, 5.74) is 17.6. The van der Waals surface area contributed by atoms with Crippen LogP contribution in [0.2, 0.25) is 0 Å². The van der Waals surface area contributed by atoms with Gasteiger partial charge >= 0.3 is 0 Å². The summed E-state index contributed by atoms with van der Waals surface area (Å²) in [7, 11) is 0. The molecule has 3 N–H and O–H groups in total. The number of hydrogen-bond donors (Lipinski definition) is 2. The lowest BCUT2D eigenvalue weighted by molar-refractivity contribution is 0.561. The minimum absolute atomic E-state index is 0.154. The Morgan fingerprint density at radius 3 is 2.14 bits per heavy atom. The second-order valence-electron chi connectivity index (χ2n) is 14.8. The number of allylic oxidation sites excluding steroid dienone is 12. The van der Waals surface area contributed by atoms with Gasteiger partial charge in [-0.05, 0) is 58.4 Å². The zero-order chi connectivity index (χ0) is 37.8. The van der Waals surface area contributed by atoms with Crippen LogP contribution < -0.4 is 11.1 Å². The van der Waals surface area contributed by atoms with E-state index in [0.717, 1.165) is 70.0 Å². The highest BCUT2D eigenvalue weighted by Gasteiger charge is 2.31. The maximum atomic E-state index is 6.41. The molecule has 0 bridgehead atoms. The van der Waals surface area contributed by atoms with Crippen LogP contribution >= 0.6 is 0 Å². The van der Waals surface area contributed by atoms with Gasteiger partial charge in [0.25, 0.3) is 0 Å². The highest BCUT2D eigenvalue weighted by Crippen LogP contribution is 2.44. The molecule has 1 aliphatic heterocycles. The van der Waals surface area contributed by atoms with E-state index in [2.05, 4.69) is 170 Å². The van der Waals surface area contributed by atoms with Crippen molar-refractivity contribution in [3.05, 3.63) is 215 Å². The lowest BCUT2D eigenvalue weighted by Gasteiger charge is -2.32. The van der Waals surface area contributed by atoms with E-state index in [1.807, 2.05) is 12.1 Å². The van der Waals surface area contributed by atoms with E-state index in [-0.39, 0.29) is 23.9 Å². The van der Waals surface area contributed by atoms with Crippen LogP contribution in [0.15, 0.2) is 203 Å². The van der Waals surface area contributed by atoms with Gasteiger partial charge in [0.2, 0.25) is 0 Å². The highest BCUT2D eigenvalue weighted by atomic mass is 15.2. The van der Waals surface area contributed by atoms with Crippen LogP contribution in [0.5, 0.6) is 0 Å². The zero-order valence-electron chi connectivity index (χ0n) is 31.6. The van der Waals surface area contributed by atoms with Crippen LogP contribution in [0.1, 0.15) is 60.7 Å². The Hall–Kier alpha value is -6.59. The van der Waals surface area contributed by atoms with E-state index >= 15 is 0 Å². The van der Waals surface area contributed by atoms with E-state index in [1.54, 1.807) is 6.20 Å². The Morgan fingerprint density at radius 2 is 1.45 bits per heavy atom. The molecule has 4 aromatic carbocycles. The number of hydrogen-bond acceptors (Lipinski definition) is 5. The summed E-state index contributed by atoms with van der Waals surface area (Å²) >= 11 is 0. The quantitative estimate of drug-likeness (QED) is 0.167. The molecule has 9 rings (SSSR count). The Balaban J connectivity index is 1.04. The van der Waals surface area contributed by atoms with Crippen LogP contribution in [0.4, 0.5) is 0 Å². The van der Waals surface area contributed by atoms with E-state index < -0.39 is 0 Å². The second kappa shape index (κ2) is 15.6. The van der Waals surface area contributed by atoms with E-state index in [4.69, 9.17) is 20.7 Å². The molecule has 0 saturated carbocycles. The van der Waals surface area contributed by atoms with Crippen LogP contribution in [-0.2, 0) is 0 Å². The van der Waals surface area contributed by atoms with Gasteiger partial charge in [0.05, 0.1) is 11.4 Å². The molecule has 274 valence electrons. The third kappa shape index (κ3) is 6.81. The normalized spacial score (nSPS) is 22.1. The van der Waals surface area contributed by atoms with Gasteiger partial charge in [0.1, 0.15) is 11.7 Å². The average molecular weight is 728 g/mol. The number of pyridine rings is 1. The van der Waals surface area contributed by atoms with Gasteiger partial charge in [-0.3, -0.25) is 0 Å². The Bertz CT molecular complexity index is 2550. The smallest absolute Gasteiger partial charge is 0.169 e. The predicted octanol–water partition coefficient (Wildman–Crippen LogP) is 11.3. The molecule has 0 saturated heterocycles. The van der Waals surface area contributed by atoms with Crippen molar-refractivity contribution in [2.45, 2.75) is 38.3 Å². The molecule has 0 amide bonds. The van der Waals surface area contributed by atoms with Gasteiger partial charge in [0.15, 0.2) is 6.17 Å². The average Bonchev–Trinajstić information content (AvgIpc) is 3.28. The molecule has 1 aromatic heterocycles. The summed E-state index contributed by atoms with van der Waals surface area (Å²) in [5, 5.41) is 5.98. The number of aliphatic imine (C=N–C) groups is 2. The summed E-state index contributed by atoms with van der Waals surface area (Å²) in [6.45, 7) is 2.32. The third-order valence-electron chi connectivity index (χ3n) is 11.4. The molecule has 4 atom stereocenters. The standard InChI is InChI=1S/C51H45N5/c1-34-41(27-16-28-42(34)51-55-49(39-21-10-4-11-22-39)54-50(56-51)40-23-12-5-13-24-40)36-29-31-37(32-30-36)46-43-25-14-15-26-44(43)48(45(33-52)35-17-6-2-7-18-35)53-47(46)38-19-8-3-9-20-38/h2-6,8-17,19-31,33-34,37,41,49H,7,18,32,52H2,1H3,(H,54,55,56)/t34-,37?,41?,49?/m0/s1. The number of aromatic nitrogens is 1. The lowest BCUT2D eigenvalue weighted by Crippen LogP contribution is -2.39. The van der Waals surface area contributed by atoms with Crippen molar-refractivity contribution in [3.63, 3.8) is 0 Å². The van der Waals surface area contributed by atoms with Gasteiger partial charge in [-0.25, -0.2) is 15.0 Å². The van der Waals surface area contributed by atoms with Crippen molar-refractivity contribution in [2.75, 3.05) is 0 Å². The molecular formula is C51H45N5. The number of benzene rings is 4. The Morgan fingerprint density at radius 1 is 0.750 bits per heavy atom. The van der Waals surface area contributed by atoms with Crippen molar-refractivity contribution in [2.24, 2.45) is 27.6 Å². The lowest BCUT2D eigenvalue weighted by atomic mass is 9.75. The molecule has 5 heteroatoms. The van der Waals surface area contributed by atoms with Gasteiger partial charge < -0.3 is 11.1 Å². The molecule has 3 unspecified atom stereocenters. The number of fused-ring (bicyclic) bond motifs is 1. The Kier molecular flexibility index (Phi) is 9.81. The Labute approximate surface area is 329 Å². The first-order valence-electron chi connectivity index (χ1n) is 19.7. The summed E-state index contributed by atoms with van der Waals surface area (Å²) < 4.78 is 0. The van der Waals surface area contributed by atoms with Crippen LogP contribution in [0, 0.1) is 11.8 Å². The molecule has 4 aliphatic rings. The van der Waals surface area contributed by atoms with Gasteiger partial charge in [0, 0.05) is 40.1 Å². The zero-order valence-corrected chi connectivity index (χ0v) is 31.6. The fourth-order valence-electron chi connectivity index (χ4n) is 8.54. The van der Waals surface area contributed by atoms with Crippen molar-refractivity contribution < 1.29 is 0 Å². The van der Waals surface area contributed by atoms with Crippen molar-refractivity contribution in [3.8, 4) is 11.3 Å². The topological polar surface area (TPSA) is 75.7 Å². The molecule has 0 fully saturated rings. The molecule has 0 spiro atoms. The third-order valence-corrected chi connectivity index (χ3v) is 11.4. The van der Waals surface area contributed by atoms with Crippen molar-refractivity contribution in [1.82, 2.24) is 10.3 Å². The van der Waals surface area contributed by atoms with Gasteiger partial charge in [-0.2, -0.15) is 0 Å². The highest BCUT2D eigenvalue weighted by molar-refractivity contribution is 6.16. The first-order chi connectivity index (χ1) is 27.7. The number of rotatable bonds is 8. The molecular weight excluding hydrogens is 683 g/mol. The SMILES string of the molecule is C[C@@H]1C(C2=NC(c3ccccc3)N=C(c3ccccc3)N2)=CC=CC1C1=CCC(c2c(-c3ccccc3)nc(C(=CN)C3=CC=CCC3)c3ccccc23)C=C1. The van der Waals surface area contributed by atoms with Crippen LogP contribution in [-0.4, -0.2) is 16.7 Å². The monoisotopic (exact) mass is 727 g/mol. The van der Waals surface area contributed by atoms with Crippen molar-refractivity contribution in [1.29, 1.82) is 0 Å². The summed E-state index contributed by atoms with van der Waals surface area (Å²) in [5.74, 6) is 2.26. The van der Waals surface area contributed by atoms with E-state index in [1.165, 1.54) is 27.7 Å². The van der Waals surface area contributed by atoms with E-state index in [0.29, 0.717) is 0 Å². The predicted molar refractivity (Wildman–Crippen MR) is 233 cm³/mol. The molecule has 56 heavy (non-hydrogen) atoms. The second-order valence-corrected chi connectivity index (χ2v) is 14.8.